The van der Waals surface area contributed by atoms with Crippen molar-refractivity contribution in [3.8, 4) is 16.9 Å². The van der Waals surface area contributed by atoms with E-state index in [-0.39, 0.29) is 11.4 Å². The minimum Gasteiger partial charge on any atom is -0.368 e. The van der Waals surface area contributed by atoms with Crippen LogP contribution in [0.25, 0.3) is 38.8 Å². The highest BCUT2D eigenvalue weighted by Gasteiger charge is 2.36. The number of nitrogens with one attached hydrogen (secondary N) is 1. The maximum atomic E-state index is 14.3. The van der Waals surface area contributed by atoms with Crippen molar-refractivity contribution < 1.29 is 13.2 Å². The number of hydrogen-bond acceptors (Lipinski definition) is 6. The van der Waals surface area contributed by atoms with Gasteiger partial charge in [-0.05, 0) is 55.5 Å². The summed E-state index contributed by atoms with van der Waals surface area (Å²) in [5.74, 6) is 0. The SMILES string of the molecule is Cc1ccc(-c2ccc3ncc4ccc(=O)n(-c5ccc(N6CCNCC6)c(C(F)(F)F)c5)c4c3c2)nn1. The van der Waals surface area contributed by atoms with Gasteiger partial charge in [0.15, 0.2) is 0 Å². The highest BCUT2D eigenvalue weighted by molar-refractivity contribution is 6.05. The number of halogens is 3. The second kappa shape index (κ2) is 9.21. The topological polar surface area (TPSA) is 75.9 Å². The Labute approximate surface area is 215 Å². The van der Waals surface area contributed by atoms with E-state index in [1.807, 2.05) is 37.3 Å². The molecule has 4 heterocycles. The van der Waals surface area contributed by atoms with Crippen molar-refractivity contribution in [1.29, 1.82) is 0 Å². The number of pyridine rings is 2. The molecule has 0 aliphatic carbocycles. The molecule has 192 valence electrons. The van der Waals surface area contributed by atoms with Gasteiger partial charge >= 0.3 is 6.18 Å². The molecule has 0 radical (unpaired) electrons. The first-order valence-corrected chi connectivity index (χ1v) is 12.2. The van der Waals surface area contributed by atoms with E-state index in [1.165, 1.54) is 16.7 Å². The Balaban J connectivity index is 1.60. The van der Waals surface area contributed by atoms with Gasteiger partial charge in [0.05, 0.1) is 33.7 Å². The van der Waals surface area contributed by atoms with Crippen molar-refractivity contribution in [2.24, 2.45) is 0 Å². The molecule has 0 amide bonds. The zero-order valence-electron chi connectivity index (χ0n) is 20.5. The number of rotatable bonds is 3. The summed E-state index contributed by atoms with van der Waals surface area (Å²) in [5, 5.41) is 12.8. The molecule has 1 fully saturated rings. The van der Waals surface area contributed by atoms with Gasteiger partial charge in [-0.1, -0.05) is 6.07 Å². The minimum absolute atomic E-state index is 0.114. The van der Waals surface area contributed by atoms with Gasteiger partial charge < -0.3 is 10.2 Å². The molecule has 1 aliphatic rings. The number of alkyl halides is 3. The molecule has 1 N–H and O–H groups in total. The van der Waals surface area contributed by atoms with Crippen LogP contribution in [-0.4, -0.2) is 45.9 Å². The highest BCUT2D eigenvalue weighted by atomic mass is 19.4. The maximum Gasteiger partial charge on any atom is 0.418 e. The fourth-order valence-corrected chi connectivity index (χ4v) is 4.95. The average Bonchev–Trinajstić information content (AvgIpc) is 2.93. The van der Waals surface area contributed by atoms with Gasteiger partial charge in [0.1, 0.15) is 0 Å². The summed E-state index contributed by atoms with van der Waals surface area (Å²) >= 11 is 0. The summed E-state index contributed by atoms with van der Waals surface area (Å²) in [6.07, 6.45) is -2.97. The van der Waals surface area contributed by atoms with Crippen LogP contribution >= 0.6 is 0 Å². The number of aromatic nitrogens is 4. The molecule has 0 bridgehead atoms. The molecule has 0 saturated carbocycles. The molecule has 0 unspecified atom stereocenters. The lowest BCUT2D eigenvalue weighted by Gasteiger charge is -2.32. The van der Waals surface area contributed by atoms with E-state index in [1.54, 1.807) is 23.2 Å². The maximum absolute atomic E-state index is 14.3. The van der Waals surface area contributed by atoms with Crippen molar-refractivity contribution in [2.75, 3.05) is 31.1 Å². The summed E-state index contributed by atoms with van der Waals surface area (Å²) in [7, 11) is 0. The molecule has 6 rings (SSSR count). The van der Waals surface area contributed by atoms with Crippen LogP contribution in [0.4, 0.5) is 18.9 Å². The number of nitrogens with zero attached hydrogens (tertiary/aromatic N) is 5. The Morgan fingerprint density at radius 1 is 0.921 bits per heavy atom. The first-order chi connectivity index (χ1) is 18.3. The van der Waals surface area contributed by atoms with E-state index in [2.05, 4.69) is 20.5 Å². The van der Waals surface area contributed by atoms with Gasteiger partial charge in [-0.3, -0.25) is 14.3 Å². The van der Waals surface area contributed by atoms with Crippen LogP contribution < -0.4 is 15.8 Å². The lowest BCUT2D eigenvalue weighted by molar-refractivity contribution is -0.137. The van der Waals surface area contributed by atoms with Crippen LogP contribution in [0.2, 0.25) is 0 Å². The van der Waals surface area contributed by atoms with E-state index in [0.717, 1.165) is 17.3 Å². The predicted molar refractivity (Wildman–Crippen MR) is 141 cm³/mol. The summed E-state index contributed by atoms with van der Waals surface area (Å²) in [6, 6.07) is 16.3. The number of aryl methyl sites for hydroxylation is 1. The molecule has 10 heteroatoms. The number of fused-ring (bicyclic) bond motifs is 3. The lowest BCUT2D eigenvalue weighted by Crippen LogP contribution is -2.44. The molecule has 7 nitrogen and oxygen atoms in total. The Kier molecular flexibility index (Phi) is 5.83. The van der Waals surface area contributed by atoms with Gasteiger partial charge in [-0.25, -0.2) is 0 Å². The van der Waals surface area contributed by atoms with Gasteiger partial charge in [0.2, 0.25) is 0 Å². The normalized spacial score (nSPS) is 14.4. The number of piperazine rings is 1. The fraction of sp³-hybridized carbons (Fsp3) is 0.214. The van der Waals surface area contributed by atoms with E-state index in [4.69, 9.17) is 0 Å². The zero-order valence-corrected chi connectivity index (χ0v) is 20.5. The lowest BCUT2D eigenvalue weighted by atomic mass is 10.0. The molecular weight excluding hydrogens is 493 g/mol. The second-order valence-electron chi connectivity index (χ2n) is 9.30. The van der Waals surface area contributed by atoms with Crippen LogP contribution in [0, 0.1) is 6.92 Å². The first-order valence-electron chi connectivity index (χ1n) is 12.2. The van der Waals surface area contributed by atoms with Crippen LogP contribution in [0.1, 0.15) is 11.3 Å². The molecule has 1 aliphatic heterocycles. The summed E-state index contributed by atoms with van der Waals surface area (Å²) in [4.78, 5) is 19.5. The predicted octanol–water partition coefficient (Wildman–Crippen LogP) is 4.73. The van der Waals surface area contributed by atoms with Crippen molar-refractivity contribution in [3.05, 3.63) is 88.5 Å². The van der Waals surface area contributed by atoms with E-state index < -0.39 is 17.3 Å². The highest BCUT2D eigenvalue weighted by Crippen LogP contribution is 2.39. The Morgan fingerprint density at radius 2 is 1.74 bits per heavy atom. The third-order valence-electron chi connectivity index (χ3n) is 6.81. The molecule has 0 atom stereocenters. The van der Waals surface area contributed by atoms with Gasteiger partial charge in [0.25, 0.3) is 5.56 Å². The van der Waals surface area contributed by atoms with Gasteiger partial charge in [0, 0.05) is 60.5 Å². The first kappa shape index (κ1) is 24.1. The monoisotopic (exact) mass is 516 g/mol. The van der Waals surface area contributed by atoms with Crippen LogP contribution in [0.15, 0.2) is 71.7 Å². The molecule has 2 aromatic carbocycles. The molecule has 1 saturated heterocycles. The molecule has 38 heavy (non-hydrogen) atoms. The van der Waals surface area contributed by atoms with Crippen molar-refractivity contribution in [1.82, 2.24) is 25.1 Å². The molecule has 0 spiro atoms. The Morgan fingerprint density at radius 3 is 2.47 bits per heavy atom. The number of benzene rings is 2. The third-order valence-corrected chi connectivity index (χ3v) is 6.81. The van der Waals surface area contributed by atoms with Gasteiger partial charge in [-0.2, -0.15) is 23.4 Å². The van der Waals surface area contributed by atoms with E-state index in [0.29, 0.717) is 53.7 Å². The molecule has 5 aromatic rings. The average molecular weight is 517 g/mol. The van der Waals surface area contributed by atoms with Gasteiger partial charge in [-0.15, -0.1) is 0 Å². The summed E-state index contributed by atoms with van der Waals surface area (Å²) in [6.45, 7) is 3.99. The van der Waals surface area contributed by atoms with Crippen LogP contribution in [-0.2, 0) is 6.18 Å². The number of hydrogen-bond donors (Lipinski definition) is 1. The largest absolute Gasteiger partial charge is 0.418 e. The number of anilines is 1. The summed E-state index contributed by atoms with van der Waals surface area (Å²) < 4.78 is 44.2. The Hall–Kier alpha value is -4.31. The fourth-order valence-electron chi connectivity index (χ4n) is 4.95. The standard InChI is InChI=1S/C28H23F3N6O/c1-17-2-6-23(35-34-17)18-3-7-24-21(14-18)27-19(16-33-24)4-9-26(38)37(27)20-5-8-25(22(15-20)28(29,30)31)36-12-10-32-11-13-36/h2-9,14-16,32H,10-13H2,1H3. The van der Waals surface area contributed by atoms with Crippen molar-refractivity contribution in [3.63, 3.8) is 0 Å². The Bertz CT molecular complexity index is 1720. The van der Waals surface area contributed by atoms with E-state index in [9.17, 15) is 18.0 Å². The van der Waals surface area contributed by atoms with E-state index >= 15 is 0 Å². The van der Waals surface area contributed by atoms with Crippen molar-refractivity contribution >= 4 is 27.5 Å². The smallest absolute Gasteiger partial charge is 0.368 e. The molecule has 3 aromatic heterocycles. The molecular formula is C28H23F3N6O. The quantitative estimate of drug-likeness (QED) is 0.350. The second-order valence-corrected chi connectivity index (χ2v) is 9.30. The van der Waals surface area contributed by atoms with Crippen molar-refractivity contribution in [2.45, 2.75) is 13.1 Å². The van der Waals surface area contributed by atoms with Crippen LogP contribution in [0.5, 0.6) is 0 Å². The zero-order chi connectivity index (χ0) is 26.4. The minimum atomic E-state index is -4.59. The third kappa shape index (κ3) is 4.26. The van der Waals surface area contributed by atoms with Crippen LogP contribution in [0.3, 0.4) is 0 Å². The summed E-state index contributed by atoms with van der Waals surface area (Å²) in [5.41, 5.74) is 2.30.